The molecular weight excluding hydrogens is 440 g/mol. The third-order valence-corrected chi connectivity index (χ3v) is 9.05. The maximum Gasteiger partial charge on any atom is 0.537 e. The van der Waals surface area contributed by atoms with E-state index in [0.717, 1.165) is 37.7 Å². The summed E-state index contributed by atoms with van der Waals surface area (Å²) in [6.07, 6.45) is 9.01. The largest absolute Gasteiger partial charge is 0.537 e. The van der Waals surface area contributed by atoms with Crippen LogP contribution in [0.15, 0.2) is 54.9 Å². The Morgan fingerprint density at radius 2 is 1.35 bits per heavy atom. The Bertz CT molecular complexity index is 899. The van der Waals surface area contributed by atoms with Crippen LogP contribution in [0.4, 0.5) is 5.69 Å². The SMILES string of the molecule is CCCc1ccc(N2C=CN(Cc3ccc([Si](OCC)(OCC)OCC)cc3)C2)c(CCC)c1. The molecule has 186 valence electrons. The van der Waals surface area contributed by atoms with Gasteiger partial charge in [0.05, 0.1) is 6.67 Å². The molecule has 0 bridgehead atoms. The van der Waals surface area contributed by atoms with Crippen LogP contribution >= 0.6 is 0 Å². The predicted molar refractivity (Wildman–Crippen MR) is 143 cm³/mol. The molecule has 0 saturated carbocycles. The minimum absolute atomic E-state index is 0.571. The van der Waals surface area contributed by atoms with E-state index in [1.54, 1.807) is 0 Å². The van der Waals surface area contributed by atoms with Gasteiger partial charge in [-0.3, -0.25) is 0 Å². The first kappa shape index (κ1) is 26.5. The molecule has 6 heteroatoms. The summed E-state index contributed by atoms with van der Waals surface area (Å²) in [6.45, 7) is 13.9. The lowest BCUT2D eigenvalue weighted by atomic mass is 10.0. The van der Waals surface area contributed by atoms with Crippen molar-refractivity contribution in [1.82, 2.24) is 4.90 Å². The molecule has 0 radical (unpaired) electrons. The van der Waals surface area contributed by atoms with E-state index >= 15 is 0 Å². The monoisotopic (exact) mass is 482 g/mol. The van der Waals surface area contributed by atoms with Crippen molar-refractivity contribution in [2.75, 3.05) is 31.4 Å². The van der Waals surface area contributed by atoms with Crippen molar-refractivity contribution in [3.05, 3.63) is 71.6 Å². The molecule has 0 N–H and O–H groups in total. The van der Waals surface area contributed by atoms with E-state index < -0.39 is 8.80 Å². The van der Waals surface area contributed by atoms with E-state index in [1.165, 1.54) is 28.8 Å². The molecule has 0 aromatic heterocycles. The molecule has 0 aliphatic carbocycles. The molecule has 2 aromatic rings. The van der Waals surface area contributed by atoms with E-state index in [2.05, 4.69) is 78.5 Å². The minimum atomic E-state index is -2.85. The zero-order valence-corrected chi connectivity index (χ0v) is 22.7. The van der Waals surface area contributed by atoms with Gasteiger partial charge in [0, 0.05) is 49.6 Å². The summed E-state index contributed by atoms with van der Waals surface area (Å²) in [6, 6.07) is 15.6. The quantitative estimate of drug-likeness (QED) is 0.328. The number of anilines is 1. The summed E-state index contributed by atoms with van der Waals surface area (Å²) in [7, 11) is -2.85. The molecule has 1 heterocycles. The van der Waals surface area contributed by atoms with Crippen molar-refractivity contribution >= 4 is 19.7 Å². The van der Waals surface area contributed by atoms with Crippen LogP contribution in [0.25, 0.3) is 0 Å². The van der Waals surface area contributed by atoms with Crippen LogP contribution < -0.4 is 10.1 Å². The summed E-state index contributed by atoms with van der Waals surface area (Å²) in [4.78, 5) is 4.72. The number of rotatable bonds is 14. The van der Waals surface area contributed by atoms with Crippen LogP contribution in [0, 0.1) is 0 Å². The van der Waals surface area contributed by atoms with E-state index in [4.69, 9.17) is 13.3 Å². The summed E-state index contributed by atoms with van der Waals surface area (Å²) in [5, 5.41) is 1.02. The van der Waals surface area contributed by atoms with Crippen molar-refractivity contribution < 1.29 is 13.3 Å². The van der Waals surface area contributed by atoms with Gasteiger partial charge in [-0.25, -0.2) is 0 Å². The standard InChI is InChI=1S/C28H42N2O3Si/c1-6-11-24-15-18-28(26(21-24)12-7-2)30-20-19-29(23-30)22-25-13-16-27(17-14-25)34(31-8-3,32-9-4)33-10-5/h13-21H,6-12,22-23H2,1-5H3. The fourth-order valence-electron chi connectivity index (χ4n) is 4.55. The van der Waals surface area contributed by atoms with Crippen molar-refractivity contribution in [1.29, 1.82) is 0 Å². The molecular formula is C28H42N2O3Si. The van der Waals surface area contributed by atoms with Gasteiger partial charge in [0.25, 0.3) is 0 Å². The molecule has 1 aliphatic heterocycles. The highest BCUT2D eigenvalue weighted by Crippen LogP contribution is 2.27. The van der Waals surface area contributed by atoms with Crippen LogP contribution in [0.5, 0.6) is 0 Å². The second-order valence-electron chi connectivity index (χ2n) is 8.67. The van der Waals surface area contributed by atoms with E-state index in [1.807, 2.05) is 20.8 Å². The molecule has 1 aliphatic rings. The Morgan fingerprint density at radius 1 is 0.735 bits per heavy atom. The maximum atomic E-state index is 6.05. The topological polar surface area (TPSA) is 34.2 Å². The second kappa shape index (κ2) is 13.1. The Morgan fingerprint density at radius 3 is 1.94 bits per heavy atom. The third-order valence-electron chi connectivity index (χ3n) is 6.00. The van der Waals surface area contributed by atoms with E-state index in [9.17, 15) is 0 Å². The van der Waals surface area contributed by atoms with Crippen molar-refractivity contribution in [2.24, 2.45) is 0 Å². The lowest BCUT2D eigenvalue weighted by Crippen LogP contribution is -2.56. The van der Waals surface area contributed by atoms with Crippen LogP contribution in [0.3, 0.4) is 0 Å². The normalized spacial score (nSPS) is 13.8. The summed E-state index contributed by atoms with van der Waals surface area (Å²) in [5.74, 6) is 0. The fourth-order valence-corrected chi connectivity index (χ4v) is 7.02. The maximum absolute atomic E-state index is 6.05. The highest BCUT2D eigenvalue weighted by Gasteiger charge is 2.43. The first-order valence-electron chi connectivity index (χ1n) is 12.9. The Kier molecular flexibility index (Phi) is 10.2. The van der Waals surface area contributed by atoms with Crippen molar-refractivity contribution in [3.8, 4) is 0 Å². The van der Waals surface area contributed by atoms with Gasteiger partial charge >= 0.3 is 8.80 Å². The zero-order valence-electron chi connectivity index (χ0n) is 21.7. The van der Waals surface area contributed by atoms with Gasteiger partial charge in [-0.1, -0.05) is 63.1 Å². The summed E-state index contributed by atoms with van der Waals surface area (Å²) >= 11 is 0. The first-order chi connectivity index (χ1) is 16.6. The van der Waals surface area contributed by atoms with Gasteiger partial charge in [-0.05, 0) is 56.4 Å². The van der Waals surface area contributed by atoms with Gasteiger partial charge in [-0.2, -0.15) is 0 Å². The van der Waals surface area contributed by atoms with Crippen LogP contribution in [0.2, 0.25) is 0 Å². The summed E-state index contributed by atoms with van der Waals surface area (Å²) in [5.41, 5.74) is 5.49. The molecule has 2 aromatic carbocycles. The van der Waals surface area contributed by atoms with Gasteiger partial charge in [0.15, 0.2) is 0 Å². The number of hydrogen-bond donors (Lipinski definition) is 0. The lowest BCUT2D eigenvalue weighted by Gasteiger charge is -2.29. The van der Waals surface area contributed by atoms with Gasteiger partial charge in [0.1, 0.15) is 0 Å². The molecule has 0 atom stereocenters. The highest BCUT2D eigenvalue weighted by molar-refractivity contribution is 6.75. The van der Waals surface area contributed by atoms with Gasteiger partial charge in [-0.15, -0.1) is 0 Å². The Hall–Kier alpha value is -2.12. The third kappa shape index (κ3) is 6.51. The predicted octanol–water partition coefficient (Wildman–Crippen LogP) is 5.60. The Labute approximate surface area is 207 Å². The number of hydrogen-bond acceptors (Lipinski definition) is 5. The molecule has 0 spiro atoms. The van der Waals surface area contributed by atoms with Gasteiger partial charge < -0.3 is 23.1 Å². The average molecular weight is 483 g/mol. The fraction of sp³-hybridized carbons (Fsp3) is 0.500. The molecule has 0 unspecified atom stereocenters. The molecule has 34 heavy (non-hydrogen) atoms. The van der Waals surface area contributed by atoms with Crippen LogP contribution in [0.1, 0.15) is 64.2 Å². The van der Waals surface area contributed by atoms with Crippen molar-refractivity contribution in [3.63, 3.8) is 0 Å². The molecule has 0 fully saturated rings. The van der Waals surface area contributed by atoms with Gasteiger partial charge in [0.2, 0.25) is 0 Å². The average Bonchev–Trinajstić information content (AvgIpc) is 3.29. The molecule has 0 saturated heterocycles. The van der Waals surface area contributed by atoms with E-state index in [0.29, 0.717) is 19.8 Å². The number of benzene rings is 2. The van der Waals surface area contributed by atoms with E-state index in [-0.39, 0.29) is 0 Å². The number of aryl methyl sites for hydroxylation is 2. The molecule has 5 nitrogen and oxygen atoms in total. The molecule has 3 rings (SSSR count). The molecule has 0 amide bonds. The second-order valence-corrected chi connectivity index (χ2v) is 11.2. The Balaban J connectivity index is 1.69. The lowest BCUT2D eigenvalue weighted by molar-refractivity contribution is 0.0859. The van der Waals surface area contributed by atoms with Crippen molar-refractivity contribution in [2.45, 2.75) is 66.8 Å². The smallest absolute Gasteiger partial charge is 0.370 e. The number of nitrogens with zero attached hydrogens (tertiary/aromatic N) is 2. The zero-order chi connectivity index (χ0) is 24.4. The van der Waals surface area contributed by atoms with Crippen LogP contribution in [-0.4, -0.2) is 40.2 Å². The highest BCUT2D eigenvalue weighted by atomic mass is 28.4. The summed E-state index contributed by atoms with van der Waals surface area (Å²) < 4.78 is 18.2. The minimum Gasteiger partial charge on any atom is -0.370 e. The van der Waals surface area contributed by atoms with Crippen LogP contribution in [-0.2, 0) is 32.7 Å². The first-order valence-corrected chi connectivity index (χ1v) is 14.6.